The number of nitrogens with one attached hydrogen (secondary N) is 1. The van der Waals surface area contributed by atoms with Crippen LogP contribution in [-0.4, -0.2) is 51.9 Å². The van der Waals surface area contributed by atoms with Crippen LogP contribution in [0, 0.1) is 0 Å². The lowest BCUT2D eigenvalue weighted by Crippen LogP contribution is -2.48. The average molecular weight is 485 g/mol. The molecule has 0 saturated heterocycles. The van der Waals surface area contributed by atoms with Gasteiger partial charge in [0.1, 0.15) is 30.3 Å². The van der Waals surface area contributed by atoms with Crippen molar-refractivity contribution in [2.75, 3.05) is 6.61 Å². The number of aliphatic hydroxyl groups excluding tert-OH is 1. The normalized spacial score (nSPS) is 14.7. The summed E-state index contributed by atoms with van der Waals surface area (Å²) < 4.78 is 34.9. The molecule has 11 nitrogen and oxygen atoms in total. The lowest BCUT2D eigenvalue weighted by molar-refractivity contribution is 0.0880. The van der Waals surface area contributed by atoms with Gasteiger partial charge in [-0.1, -0.05) is 12.1 Å². The Bertz CT molecular complexity index is 1380. The molecule has 0 spiro atoms. The van der Waals surface area contributed by atoms with E-state index in [9.17, 15) is 18.3 Å². The molecular weight excluding hydrogens is 460 g/mol. The second-order valence-corrected chi connectivity index (χ2v) is 10.1. The highest BCUT2D eigenvalue weighted by atomic mass is 32.2. The van der Waals surface area contributed by atoms with Crippen molar-refractivity contribution in [1.29, 1.82) is 0 Å². The first-order valence-corrected chi connectivity index (χ1v) is 11.9. The number of nitrogens with two attached hydrogens (primary N) is 1. The molecule has 178 valence electrons. The third-order valence-corrected chi connectivity index (χ3v) is 6.21. The van der Waals surface area contributed by atoms with Crippen molar-refractivity contribution >= 4 is 21.8 Å². The molecule has 1 aromatic carbocycles. The SMILES string of the molecule is CC(C)(COc1cccc2c1C(N)=NS(=O)(=O)C2)NC(=O)c1ccnc(-n2cnc(CO)c2)c1. The summed E-state index contributed by atoms with van der Waals surface area (Å²) in [5, 5.41) is 12.1. The molecule has 34 heavy (non-hydrogen) atoms. The van der Waals surface area contributed by atoms with Crippen molar-refractivity contribution in [3.8, 4) is 11.6 Å². The number of amides is 1. The van der Waals surface area contributed by atoms with Crippen LogP contribution in [0.25, 0.3) is 5.82 Å². The zero-order valence-corrected chi connectivity index (χ0v) is 19.4. The molecule has 0 atom stereocenters. The first-order chi connectivity index (χ1) is 16.1. The largest absolute Gasteiger partial charge is 0.490 e. The van der Waals surface area contributed by atoms with E-state index in [0.29, 0.717) is 34.0 Å². The summed E-state index contributed by atoms with van der Waals surface area (Å²) in [5.74, 6) is 0.173. The van der Waals surface area contributed by atoms with Gasteiger partial charge in [0.05, 0.1) is 29.2 Å². The zero-order chi connectivity index (χ0) is 24.5. The monoisotopic (exact) mass is 484 g/mol. The van der Waals surface area contributed by atoms with Crippen molar-refractivity contribution in [2.24, 2.45) is 10.1 Å². The van der Waals surface area contributed by atoms with Gasteiger partial charge in [0.25, 0.3) is 15.9 Å². The number of ether oxygens (including phenoxy) is 1. The summed E-state index contributed by atoms with van der Waals surface area (Å²) in [6, 6.07) is 8.23. The molecule has 4 rings (SSSR count). The Balaban J connectivity index is 1.47. The first kappa shape index (κ1) is 23.4. The smallest absolute Gasteiger partial charge is 0.259 e. The Labute approximate surface area is 196 Å². The van der Waals surface area contributed by atoms with Crippen LogP contribution >= 0.6 is 0 Å². The van der Waals surface area contributed by atoms with E-state index in [2.05, 4.69) is 19.7 Å². The van der Waals surface area contributed by atoms with Crippen LogP contribution in [0.1, 0.15) is 41.0 Å². The van der Waals surface area contributed by atoms with E-state index in [1.165, 1.54) is 12.5 Å². The summed E-state index contributed by atoms with van der Waals surface area (Å²) in [6.45, 7) is 3.50. The Morgan fingerprint density at radius 1 is 1.29 bits per heavy atom. The van der Waals surface area contributed by atoms with E-state index in [0.717, 1.165) is 0 Å². The van der Waals surface area contributed by atoms with Gasteiger partial charge in [0.2, 0.25) is 0 Å². The van der Waals surface area contributed by atoms with Crippen LogP contribution in [0.4, 0.5) is 0 Å². The molecule has 3 aromatic rings. The topological polar surface area (TPSA) is 162 Å². The number of fused-ring (bicyclic) bond motifs is 1. The molecule has 2 aromatic heterocycles. The molecule has 4 N–H and O–H groups in total. The standard InChI is InChI=1S/C22H24N6O5S/c1-22(2,12-33-17-5-3-4-15-11-34(31,32)27-20(23)19(15)17)26-21(30)14-6-7-24-18(8-14)28-9-16(10-29)25-13-28/h3-9,13,29H,10-12H2,1-2H3,(H2,23,27)(H,26,30). The Morgan fingerprint density at radius 3 is 2.82 bits per heavy atom. The van der Waals surface area contributed by atoms with E-state index >= 15 is 0 Å². The number of hydrogen-bond donors (Lipinski definition) is 3. The van der Waals surface area contributed by atoms with Crippen molar-refractivity contribution in [1.82, 2.24) is 19.9 Å². The number of nitrogens with zero attached hydrogens (tertiary/aromatic N) is 4. The van der Waals surface area contributed by atoms with Crippen LogP contribution in [0.5, 0.6) is 5.75 Å². The van der Waals surface area contributed by atoms with Gasteiger partial charge in [-0.15, -0.1) is 4.40 Å². The molecule has 1 aliphatic rings. The van der Waals surface area contributed by atoms with Crippen molar-refractivity contribution in [3.63, 3.8) is 0 Å². The third kappa shape index (κ3) is 5.07. The van der Waals surface area contributed by atoms with E-state index in [-0.39, 0.29) is 30.7 Å². The average Bonchev–Trinajstić information content (AvgIpc) is 3.26. The van der Waals surface area contributed by atoms with Gasteiger partial charge in [0, 0.05) is 18.0 Å². The number of pyridine rings is 1. The van der Waals surface area contributed by atoms with Crippen molar-refractivity contribution < 1.29 is 23.1 Å². The van der Waals surface area contributed by atoms with E-state index in [1.807, 2.05) is 0 Å². The van der Waals surface area contributed by atoms with Crippen LogP contribution in [0.2, 0.25) is 0 Å². The number of amidine groups is 1. The molecular formula is C22H24N6O5S. The highest BCUT2D eigenvalue weighted by molar-refractivity contribution is 7.89. The highest BCUT2D eigenvalue weighted by Gasteiger charge is 2.27. The molecule has 12 heteroatoms. The number of imidazole rings is 1. The summed E-state index contributed by atoms with van der Waals surface area (Å²) in [5.41, 5.74) is 6.94. The summed E-state index contributed by atoms with van der Waals surface area (Å²) in [4.78, 5) is 21.2. The fourth-order valence-electron chi connectivity index (χ4n) is 3.48. The number of aliphatic hydroxyl groups is 1. The van der Waals surface area contributed by atoms with Crippen molar-refractivity contribution in [3.05, 3.63) is 71.4 Å². The molecule has 3 heterocycles. The summed E-state index contributed by atoms with van der Waals surface area (Å²) in [7, 11) is -3.65. The fraction of sp³-hybridized carbons (Fsp3) is 0.273. The minimum absolute atomic E-state index is 0.0918. The van der Waals surface area contributed by atoms with E-state index < -0.39 is 15.6 Å². The van der Waals surface area contributed by atoms with Gasteiger partial charge < -0.3 is 20.9 Å². The minimum atomic E-state index is -3.65. The summed E-state index contributed by atoms with van der Waals surface area (Å²) in [6.07, 6.45) is 4.65. The molecule has 0 unspecified atom stereocenters. The molecule has 0 saturated carbocycles. The third-order valence-electron chi connectivity index (χ3n) is 5.05. The number of aromatic nitrogens is 3. The predicted octanol–water partition coefficient (Wildman–Crippen LogP) is 0.896. The second kappa shape index (κ2) is 8.88. The minimum Gasteiger partial charge on any atom is -0.490 e. The molecule has 1 aliphatic heterocycles. The van der Waals surface area contributed by atoms with Crippen LogP contribution in [-0.2, 0) is 22.4 Å². The van der Waals surface area contributed by atoms with Gasteiger partial charge in [-0.3, -0.25) is 9.36 Å². The van der Waals surface area contributed by atoms with Gasteiger partial charge in [0.15, 0.2) is 0 Å². The molecule has 0 bridgehead atoms. The lowest BCUT2D eigenvalue weighted by atomic mass is 10.0. The van der Waals surface area contributed by atoms with Crippen LogP contribution in [0.15, 0.2) is 53.5 Å². The number of hydrogen-bond acceptors (Lipinski definition) is 8. The molecule has 0 fully saturated rings. The number of benzene rings is 1. The second-order valence-electron chi connectivity index (χ2n) is 8.45. The number of carbonyl (C=O) groups is 1. The maximum absolute atomic E-state index is 12.9. The maximum atomic E-state index is 12.9. The van der Waals surface area contributed by atoms with Gasteiger partial charge in [-0.2, -0.15) is 0 Å². The van der Waals surface area contributed by atoms with Gasteiger partial charge in [-0.05, 0) is 37.6 Å². The molecule has 1 amide bonds. The lowest BCUT2D eigenvalue weighted by Gasteiger charge is -2.27. The Kier molecular flexibility index (Phi) is 6.11. The van der Waals surface area contributed by atoms with Crippen LogP contribution < -0.4 is 15.8 Å². The van der Waals surface area contributed by atoms with Crippen molar-refractivity contribution in [2.45, 2.75) is 31.7 Å². The van der Waals surface area contributed by atoms with E-state index in [1.54, 1.807) is 54.9 Å². The Hall–Kier alpha value is -3.77. The first-order valence-electron chi connectivity index (χ1n) is 10.3. The highest BCUT2D eigenvalue weighted by Crippen LogP contribution is 2.28. The zero-order valence-electron chi connectivity index (χ0n) is 18.6. The molecule has 0 aliphatic carbocycles. The number of sulfonamides is 1. The van der Waals surface area contributed by atoms with Gasteiger partial charge in [-0.25, -0.2) is 18.4 Å². The number of rotatable bonds is 7. The maximum Gasteiger partial charge on any atom is 0.259 e. The number of carbonyl (C=O) groups excluding carboxylic acids is 1. The fourth-order valence-corrected chi connectivity index (χ4v) is 4.57. The Morgan fingerprint density at radius 2 is 2.09 bits per heavy atom. The quantitative estimate of drug-likeness (QED) is 0.445. The van der Waals surface area contributed by atoms with Gasteiger partial charge >= 0.3 is 0 Å². The van der Waals surface area contributed by atoms with Crippen LogP contribution in [0.3, 0.4) is 0 Å². The van der Waals surface area contributed by atoms with E-state index in [4.69, 9.17) is 10.5 Å². The predicted molar refractivity (Wildman–Crippen MR) is 124 cm³/mol. The molecule has 0 radical (unpaired) electrons. The summed E-state index contributed by atoms with van der Waals surface area (Å²) >= 11 is 0.